The minimum absolute atomic E-state index is 0.178. The van der Waals surface area contributed by atoms with E-state index in [4.69, 9.17) is 19.5 Å². The maximum atomic E-state index is 12.8. The third kappa shape index (κ3) is 3.00. The van der Waals surface area contributed by atoms with Crippen molar-refractivity contribution >= 4 is 26.4 Å². The average Bonchev–Trinajstić information content (AvgIpc) is 3.39. The molecule has 0 radical (unpaired) electrons. The monoisotopic (exact) mass is 412 g/mol. The zero-order chi connectivity index (χ0) is 20.2. The number of hydrogen-bond acceptors (Lipinski definition) is 7. The first-order chi connectivity index (χ1) is 13.9. The van der Waals surface area contributed by atoms with Gasteiger partial charge in [0.25, 0.3) is 0 Å². The first-order valence-corrected chi connectivity index (χ1v) is 11.7. The Hall–Kier alpha value is -2.52. The number of hydrogen-bond donors (Lipinski definition) is 2. The van der Waals surface area contributed by atoms with Crippen molar-refractivity contribution in [2.75, 3.05) is 30.9 Å². The quantitative estimate of drug-likeness (QED) is 0.682. The van der Waals surface area contributed by atoms with Gasteiger partial charge in [-0.2, -0.15) is 0 Å². The van der Waals surface area contributed by atoms with Gasteiger partial charge < -0.3 is 14.6 Å². The number of morpholine rings is 1. The van der Waals surface area contributed by atoms with Gasteiger partial charge in [0.15, 0.2) is 5.82 Å². The predicted molar refractivity (Wildman–Crippen MR) is 112 cm³/mol. The van der Waals surface area contributed by atoms with E-state index in [-0.39, 0.29) is 6.04 Å². The van der Waals surface area contributed by atoms with Gasteiger partial charge in [-0.05, 0) is 25.8 Å². The van der Waals surface area contributed by atoms with Crippen LogP contribution in [0.5, 0.6) is 0 Å². The Morgan fingerprint density at radius 2 is 2.17 bits per heavy atom. The number of nitrogens with one attached hydrogen (secondary N) is 2. The molecule has 1 aliphatic heterocycles. The van der Waals surface area contributed by atoms with E-state index in [0.29, 0.717) is 37.6 Å². The van der Waals surface area contributed by atoms with E-state index in [1.807, 2.05) is 18.3 Å². The number of pyridine rings is 1. The minimum Gasteiger partial charge on any atom is -0.377 e. The maximum Gasteiger partial charge on any atom is 0.164 e. The van der Waals surface area contributed by atoms with Crippen molar-refractivity contribution in [3.8, 4) is 11.4 Å². The molecule has 0 bridgehead atoms. The van der Waals surface area contributed by atoms with E-state index >= 15 is 0 Å². The smallest absolute Gasteiger partial charge is 0.164 e. The minimum atomic E-state index is -2.79. The van der Waals surface area contributed by atoms with Crippen LogP contribution in [0.4, 0.5) is 5.82 Å². The van der Waals surface area contributed by atoms with Crippen LogP contribution >= 0.6 is 0 Å². The van der Waals surface area contributed by atoms with Gasteiger partial charge >= 0.3 is 0 Å². The molecule has 0 aromatic carbocycles. The number of aromatic nitrogens is 4. The zero-order valence-corrected chi connectivity index (χ0v) is 17.3. The lowest BCUT2D eigenvalue weighted by molar-refractivity contribution is 0.0985. The van der Waals surface area contributed by atoms with Gasteiger partial charge in [0.2, 0.25) is 0 Å². The van der Waals surface area contributed by atoms with Crippen LogP contribution in [0.1, 0.15) is 25.5 Å². The van der Waals surface area contributed by atoms with E-state index in [1.165, 1.54) is 6.26 Å². The normalized spacial score (nSPS) is 23.1. The molecule has 152 valence electrons. The van der Waals surface area contributed by atoms with E-state index in [9.17, 15) is 4.21 Å². The number of ether oxygens (including phenoxy) is 1. The van der Waals surface area contributed by atoms with E-state index in [2.05, 4.69) is 21.8 Å². The molecule has 29 heavy (non-hydrogen) atoms. The van der Waals surface area contributed by atoms with Crippen molar-refractivity contribution in [3.05, 3.63) is 36.4 Å². The van der Waals surface area contributed by atoms with Gasteiger partial charge in [-0.3, -0.25) is 9.76 Å². The summed E-state index contributed by atoms with van der Waals surface area (Å²) in [4.78, 5) is 19.4. The van der Waals surface area contributed by atoms with Crippen molar-refractivity contribution in [1.82, 2.24) is 19.9 Å². The summed E-state index contributed by atoms with van der Waals surface area (Å²) < 4.78 is 26.0. The second-order valence-corrected chi connectivity index (χ2v) is 10.5. The fourth-order valence-corrected chi connectivity index (χ4v) is 5.50. The fraction of sp³-hybridized carbons (Fsp3) is 0.450. The summed E-state index contributed by atoms with van der Waals surface area (Å²) in [6, 6.07) is 4.10. The molecule has 2 fully saturated rings. The summed E-state index contributed by atoms with van der Waals surface area (Å²) in [5, 5.41) is 0.992. The van der Waals surface area contributed by atoms with Crippen LogP contribution in [0, 0.1) is 4.78 Å². The van der Waals surface area contributed by atoms with Gasteiger partial charge in [-0.1, -0.05) is 0 Å². The molecule has 0 unspecified atom stereocenters. The molecule has 4 heterocycles. The van der Waals surface area contributed by atoms with Crippen LogP contribution in [0.25, 0.3) is 22.3 Å². The molecule has 0 spiro atoms. The first-order valence-electron chi connectivity index (χ1n) is 9.78. The second-order valence-electron chi connectivity index (χ2n) is 8.02. The van der Waals surface area contributed by atoms with Crippen LogP contribution in [0.2, 0.25) is 0 Å². The van der Waals surface area contributed by atoms with Gasteiger partial charge in [0.1, 0.15) is 5.82 Å². The Morgan fingerprint density at radius 3 is 2.90 bits per heavy atom. The Kier molecular flexibility index (Phi) is 4.15. The number of H-pyrrole nitrogens is 1. The third-order valence-electron chi connectivity index (χ3n) is 6.01. The summed E-state index contributed by atoms with van der Waals surface area (Å²) in [5.41, 5.74) is 2.45. The van der Waals surface area contributed by atoms with E-state index in [1.54, 1.807) is 12.4 Å². The lowest BCUT2D eigenvalue weighted by Gasteiger charge is -2.34. The standard InChI is InChI=1S/C20H24N6O2S/c1-13-12-28-8-7-26(13)18-9-17(20(4-5-20)29(2,21)27)24-19(25-18)15-10-22-11-16-14(15)3-6-23-16/h3,6,9-11,13,21,23H,4-5,7-8,12H2,1-2H3/t13-,29-/m1/s1. The van der Waals surface area contributed by atoms with Crippen molar-refractivity contribution < 1.29 is 8.95 Å². The fourth-order valence-electron chi connectivity index (χ4n) is 4.12. The Morgan fingerprint density at radius 1 is 1.34 bits per heavy atom. The van der Waals surface area contributed by atoms with Crippen molar-refractivity contribution in [3.63, 3.8) is 0 Å². The van der Waals surface area contributed by atoms with Gasteiger partial charge in [-0.15, -0.1) is 0 Å². The summed E-state index contributed by atoms with van der Waals surface area (Å²) in [6.45, 7) is 4.12. The summed E-state index contributed by atoms with van der Waals surface area (Å²) in [7, 11) is -2.79. The molecular formula is C20H24N6O2S. The van der Waals surface area contributed by atoms with Crippen LogP contribution in [0.15, 0.2) is 30.7 Å². The van der Waals surface area contributed by atoms with Crippen LogP contribution in [-0.2, 0) is 19.2 Å². The summed E-state index contributed by atoms with van der Waals surface area (Å²) in [6.07, 6.45) is 8.37. The number of rotatable bonds is 4. The molecule has 3 aromatic rings. The molecule has 2 N–H and O–H groups in total. The maximum absolute atomic E-state index is 12.8. The van der Waals surface area contributed by atoms with Crippen LogP contribution in [0.3, 0.4) is 0 Å². The Bertz CT molecular complexity index is 1180. The third-order valence-corrected chi connectivity index (χ3v) is 8.12. The van der Waals surface area contributed by atoms with Gasteiger partial charge in [0, 0.05) is 42.2 Å². The number of anilines is 1. The Balaban J connectivity index is 1.72. The lowest BCUT2D eigenvalue weighted by atomic mass is 10.1. The number of fused-ring (bicyclic) bond motifs is 1. The van der Waals surface area contributed by atoms with Gasteiger partial charge in [-0.25, -0.2) is 14.2 Å². The molecule has 1 saturated carbocycles. The topological polar surface area (TPSA) is 108 Å². The summed E-state index contributed by atoms with van der Waals surface area (Å²) >= 11 is 0. The highest BCUT2D eigenvalue weighted by atomic mass is 32.2. The highest BCUT2D eigenvalue weighted by Crippen LogP contribution is 2.52. The molecule has 1 saturated heterocycles. The van der Waals surface area contributed by atoms with Crippen molar-refractivity contribution in [2.45, 2.75) is 30.6 Å². The molecule has 5 rings (SSSR count). The van der Waals surface area contributed by atoms with Gasteiger partial charge in [0.05, 0.1) is 51.1 Å². The number of nitrogens with zero attached hydrogens (tertiary/aromatic N) is 4. The van der Waals surface area contributed by atoms with Crippen molar-refractivity contribution in [2.24, 2.45) is 0 Å². The predicted octanol–water partition coefficient (Wildman–Crippen LogP) is 2.91. The average molecular weight is 413 g/mol. The largest absolute Gasteiger partial charge is 0.377 e. The van der Waals surface area contributed by atoms with Crippen LogP contribution < -0.4 is 4.90 Å². The molecule has 3 aromatic heterocycles. The zero-order valence-electron chi connectivity index (χ0n) is 16.5. The summed E-state index contributed by atoms with van der Waals surface area (Å²) in [5.74, 6) is 1.35. The molecule has 1 aliphatic carbocycles. The van der Waals surface area contributed by atoms with Crippen molar-refractivity contribution in [1.29, 1.82) is 4.78 Å². The number of aromatic amines is 1. The Labute approximate surface area is 169 Å². The molecular weight excluding hydrogens is 388 g/mol. The molecule has 9 heteroatoms. The lowest BCUT2D eigenvalue weighted by Crippen LogP contribution is -2.44. The molecule has 0 amide bonds. The first kappa shape index (κ1) is 18.5. The van der Waals surface area contributed by atoms with E-state index < -0.39 is 14.5 Å². The highest BCUT2D eigenvalue weighted by Gasteiger charge is 2.53. The molecule has 2 aliphatic rings. The SMILES string of the molecule is C[C@@H]1COCCN1c1cc(C2([S@](C)(=N)=O)CC2)nc(-c2cncc3[nH]ccc23)n1. The molecule has 8 nitrogen and oxygen atoms in total. The molecule has 2 atom stereocenters. The van der Waals surface area contributed by atoms with Crippen LogP contribution in [-0.4, -0.2) is 56.2 Å². The highest BCUT2D eigenvalue weighted by molar-refractivity contribution is 7.92. The second kappa shape index (κ2) is 6.50. The van der Waals surface area contributed by atoms with E-state index in [0.717, 1.165) is 28.8 Å².